The van der Waals surface area contributed by atoms with E-state index in [1.807, 2.05) is 11.4 Å². The maximum absolute atomic E-state index is 5.85. The standard InChI is InChI=1S/C12H15N3OS/c1-4-13-5-2-9(1)7-16-12-11-10(3-6-17-11)14-8-15-12/h3,6,8-9,13H,1-2,4-5,7H2. The van der Waals surface area contributed by atoms with Crippen molar-refractivity contribution >= 4 is 21.6 Å². The molecular weight excluding hydrogens is 234 g/mol. The zero-order valence-electron chi connectivity index (χ0n) is 9.56. The average Bonchev–Trinajstić information content (AvgIpc) is 2.86. The summed E-state index contributed by atoms with van der Waals surface area (Å²) in [6.07, 6.45) is 3.96. The van der Waals surface area contributed by atoms with E-state index in [-0.39, 0.29) is 0 Å². The Bertz CT molecular complexity index is 493. The predicted molar refractivity (Wildman–Crippen MR) is 68.5 cm³/mol. The van der Waals surface area contributed by atoms with Gasteiger partial charge in [-0.25, -0.2) is 9.97 Å². The van der Waals surface area contributed by atoms with E-state index in [9.17, 15) is 0 Å². The molecule has 2 aromatic heterocycles. The fourth-order valence-corrected chi connectivity index (χ4v) is 2.90. The van der Waals surface area contributed by atoms with Gasteiger partial charge in [0.05, 0.1) is 12.1 Å². The number of nitrogens with zero attached hydrogens (tertiary/aromatic N) is 2. The van der Waals surface area contributed by atoms with E-state index in [1.165, 1.54) is 12.8 Å². The molecule has 0 saturated carbocycles. The minimum atomic E-state index is 0.654. The molecule has 3 rings (SSSR count). The monoisotopic (exact) mass is 249 g/mol. The first-order chi connectivity index (χ1) is 8.43. The number of ether oxygens (including phenoxy) is 1. The topological polar surface area (TPSA) is 47.0 Å². The molecule has 0 radical (unpaired) electrons. The minimum absolute atomic E-state index is 0.654. The Balaban J connectivity index is 1.69. The van der Waals surface area contributed by atoms with Gasteiger partial charge in [0.15, 0.2) is 0 Å². The van der Waals surface area contributed by atoms with Crippen molar-refractivity contribution in [1.29, 1.82) is 0 Å². The van der Waals surface area contributed by atoms with Crippen LogP contribution in [0.4, 0.5) is 0 Å². The molecule has 1 aliphatic heterocycles. The molecule has 0 unspecified atom stereocenters. The van der Waals surface area contributed by atoms with Crippen molar-refractivity contribution in [2.24, 2.45) is 5.92 Å². The summed E-state index contributed by atoms with van der Waals surface area (Å²) in [5.41, 5.74) is 0.977. The highest BCUT2D eigenvalue weighted by Crippen LogP contribution is 2.27. The summed E-state index contributed by atoms with van der Waals surface area (Å²) in [7, 11) is 0. The van der Waals surface area contributed by atoms with E-state index in [0.29, 0.717) is 5.92 Å². The summed E-state index contributed by atoms with van der Waals surface area (Å²) in [5.74, 6) is 1.39. The second-order valence-corrected chi connectivity index (χ2v) is 5.23. The summed E-state index contributed by atoms with van der Waals surface area (Å²) in [5, 5.41) is 5.38. The Labute approximate surface area is 104 Å². The second kappa shape index (κ2) is 4.98. The van der Waals surface area contributed by atoms with Gasteiger partial charge in [0.2, 0.25) is 5.88 Å². The summed E-state index contributed by atoms with van der Waals surface area (Å²) < 4.78 is 6.91. The van der Waals surface area contributed by atoms with Gasteiger partial charge in [0.1, 0.15) is 11.0 Å². The lowest BCUT2D eigenvalue weighted by Crippen LogP contribution is -2.30. The number of aromatic nitrogens is 2. The third-order valence-corrected chi connectivity index (χ3v) is 4.02. The summed E-state index contributed by atoms with van der Waals surface area (Å²) in [4.78, 5) is 8.43. The largest absolute Gasteiger partial charge is 0.476 e. The summed E-state index contributed by atoms with van der Waals surface area (Å²) in [6, 6.07) is 2.00. The van der Waals surface area contributed by atoms with Crippen molar-refractivity contribution in [3.05, 3.63) is 17.8 Å². The van der Waals surface area contributed by atoms with E-state index in [4.69, 9.17) is 4.74 Å². The minimum Gasteiger partial charge on any atom is -0.476 e. The van der Waals surface area contributed by atoms with Crippen LogP contribution in [-0.4, -0.2) is 29.7 Å². The maximum atomic E-state index is 5.85. The van der Waals surface area contributed by atoms with Gasteiger partial charge in [-0.2, -0.15) is 0 Å². The van der Waals surface area contributed by atoms with Crippen molar-refractivity contribution in [1.82, 2.24) is 15.3 Å². The molecule has 4 nitrogen and oxygen atoms in total. The van der Waals surface area contributed by atoms with Crippen LogP contribution in [0, 0.1) is 5.92 Å². The number of fused-ring (bicyclic) bond motifs is 1. The SMILES string of the molecule is c1nc(OCC2CCNCC2)c2sccc2n1. The molecule has 1 saturated heterocycles. The molecule has 5 heteroatoms. The van der Waals surface area contributed by atoms with Crippen LogP contribution in [0.2, 0.25) is 0 Å². The van der Waals surface area contributed by atoms with Crippen molar-refractivity contribution in [3.8, 4) is 5.88 Å². The molecule has 0 bridgehead atoms. The van der Waals surface area contributed by atoms with Crippen LogP contribution in [-0.2, 0) is 0 Å². The van der Waals surface area contributed by atoms with Gasteiger partial charge < -0.3 is 10.1 Å². The van der Waals surface area contributed by atoms with E-state index in [2.05, 4.69) is 15.3 Å². The third-order valence-electron chi connectivity index (χ3n) is 3.12. The van der Waals surface area contributed by atoms with Crippen LogP contribution >= 0.6 is 11.3 Å². The van der Waals surface area contributed by atoms with Gasteiger partial charge in [-0.1, -0.05) is 0 Å². The molecule has 3 heterocycles. The molecule has 1 fully saturated rings. The summed E-state index contributed by atoms with van der Waals surface area (Å²) in [6.45, 7) is 2.98. The number of piperidine rings is 1. The van der Waals surface area contributed by atoms with Gasteiger partial charge in [0, 0.05) is 0 Å². The highest BCUT2D eigenvalue weighted by Gasteiger charge is 2.15. The van der Waals surface area contributed by atoms with Crippen LogP contribution in [0.5, 0.6) is 5.88 Å². The lowest BCUT2D eigenvalue weighted by molar-refractivity contribution is 0.211. The van der Waals surface area contributed by atoms with Crippen LogP contribution in [0.25, 0.3) is 10.2 Å². The van der Waals surface area contributed by atoms with E-state index >= 15 is 0 Å². The smallest absolute Gasteiger partial charge is 0.234 e. The quantitative estimate of drug-likeness (QED) is 0.904. The molecule has 0 amide bonds. The average molecular weight is 249 g/mol. The maximum Gasteiger partial charge on any atom is 0.234 e. The number of hydrogen-bond donors (Lipinski definition) is 1. The van der Waals surface area contributed by atoms with Gasteiger partial charge in [0.25, 0.3) is 0 Å². The van der Waals surface area contributed by atoms with Crippen molar-refractivity contribution < 1.29 is 4.74 Å². The fraction of sp³-hybridized carbons (Fsp3) is 0.500. The molecule has 0 spiro atoms. The zero-order chi connectivity index (χ0) is 11.5. The molecule has 1 aliphatic rings. The summed E-state index contributed by atoms with van der Waals surface area (Å²) >= 11 is 1.64. The van der Waals surface area contributed by atoms with Gasteiger partial charge >= 0.3 is 0 Å². The second-order valence-electron chi connectivity index (χ2n) is 4.32. The molecule has 0 aromatic carbocycles. The highest BCUT2D eigenvalue weighted by atomic mass is 32.1. The van der Waals surface area contributed by atoms with Crippen LogP contribution in [0.15, 0.2) is 17.8 Å². The Morgan fingerprint density at radius 1 is 1.35 bits per heavy atom. The van der Waals surface area contributed by atoms with Crippen LogP contribution < -0.4 is 10.1 Å². The zero-order valence-corrected chi connectivity index (χ0v) is 10.4. The number of rotatable bonds is 3. The Morgan fingerprint density at radius 2 is 2.24 bits per heavy atom. The van der Waals surface area contributed by atoms with E-state index < -0.39 is 0 Å². The Kier molecular flexibility index (Phi) is 3.20. The molecule has 1 N–H and O–H groups in total. The Morgan fingerprint density at radius 3 is 3.12 bits per heavy atom. The van der Waals surface area contributed by atoms with Gasteiger partial charge in [-0.05, 0) is 43.3 Å². The number of hydrogen-bond acceptors (Lipinski definition) is 5. The normalized spacial score (nSPS) is 17.4. The Hall–Kier alpha value is -1.20. The first kappa shape index (κ1) is 10.9. The number of nitrogens with one attached hydrogen (secondary N) is 1. The molecule has 17 heavy (non-hydrogen) atoms. The molecule has 0 aliphatic carbocycles. The first-order valence-corrected chi connectivity index (χ1v) is 6.83. The molecule has 2 aromatic rings. The van der Waals surface area contributed by atoms with Crippen molar-refractivity contribution in [2.75, 3.05) is 19.7 Å². The third kappa shape index (κ3) is 2.40. The van der Waals surface area contributed by atoms with Gasteiger partial charge in [-0.15, -0.1) is 11.3 Å². The molecule has 90 valence electrons. The van der Waals surface area contributed by atoms with Crippen molar-refractivity contribution in [3.63, 3.8) is 0 Å². The number of thiophene rings is 1. The molecule has 0 atom stereocenters. The van der Waals surface area contributed by atoms with Crippen LogP contribution in [0.1, 0.15) is 12.8 Å². The first-order valence-electron chi connectivity index (χ1n) is 5.95. The predicted octanol–water partition coefficient (Wildman–Crippen LogP) is 2.07. The van der Waals surface area contributed by atoms with E-state index in [0.717, 1.165) is 35.8 Å². The molecular formula is C12H15N3OS. The van der Waals surface area contributed by atoms with E-state index in [1.54, 1.807) is 17.7 Å². The van der Waals surface area contributed by atoms with Crippen molar-refractivity contribution in [2.45, 2.75) is 12.8 Å². The fourth-order valence-electron chi connectivity index (χ4n) is 2.11. The lowest BCUT2D eigenvalue weighted by Gasteiger charge is -2.22. The lowest BCUT2D eigenvalue weighted by atomic mass is 9.99. The van der Waals surface area contributed by atoms with Gasteiger partial charge in [-0.3, -0.25) is 0 Å². The van der Waals surface area contributed by atoms with Crippen LogP contribution in [0.3, 0.4) is 0 Å². The highest BCUT2D eigenvalue weighted by molar-refractivity contribution is 7.17.